The summed E-state index contributed by atoms with van der Waals surface area (Å²) in [4.78, 5) is 25.9. The van der Waals surface area contributed by atoms with Crippen molar-refractivity contribution in [3.05, 3.63) is 0 Å². The van der Waals surface area contributed by atoms with Crippen LogP contribution in [0.25, 0.3) is 0 Å². The van der Waals surface area contributed by atoms with Crippen LogP contribution in [-0.4, -0.2) is 27.4 Å². The molecule has 1 aliphatic rings. The summed E-state index contributed by atoms with van der Waals surface area (Å²) >= 11 is 0.00947. The van der Waals surface area contributed by atoms with E-state index in [1.165, 1.54) is 0 Å². The van der Waals surface area contributed by atoms with Crippen LogP contribution in [0, 0.1) is 0 Å². The van der Waals surface area contributed by atoms with E-state index in [2.05, 4.69) is 15.1 Å². The summed E-state index contributed by atoms with van der Waals surface area (Å²) in [5.41, 5.74) is 2.33. The van der Waals surface area contributed by atoms with Gasteiger partial charge in [0.25, 0.3) is 0 Å². The molecule has 0 bridgehead atoms. The average molecular weight is 316 g/mol. The van der Waals surface area contributed by atoms with E-state index in [0.717, 1.165) is 10.8 Å². The number of nitrogens with one attached hydrogen (secondary N) is 1. The Morgan fingerprint density at radius 2 is 2.21 bits per heavy atom. The number of hydroxylamine groups is 1. The van der Waals surface area contributed by atoms with Gasteiger partial charge in [-0.05, 0) is 0 Å². The van der Waals surface area contributed by atoms with E-state index in [0.29, 0.717) is 6.54 Å². The number of hydrogen-bond acceptors (Lipinski definition) is 6. The van der Waals surface area contributed by atoms with E-state index in [1.54, 1.807) is 0 Å². The van der Waals surface area contributed by atoms with Gasteiger partial charge in [-0.25, -0.2) is 0 Å². The Balaban J connectivity index is 2.02. The number of alkyl halides is 2. The van der Waals surface area contributed by atoms with Gasteiger partial charge in [-0.15, -0.1) is 0 Å². The molecule has 6 nitrogen and oxygen atoms in total. The molecule has 0 radical (unpaired) electrons. The minimum absolute atomic E-state index is 0.00947. The number of rotatable bonds is 4. The van der Waals surface area contributed by atoms with Crippen molar-refractivity contribution in [2.75, 3.05) is 11.0 Å². The third-order valence-electron chi connectivity index (χ3n) is 1.18. The zero-order valence-corrected chi connectivity index (χ0v) is 9.78. The van der Waals surface area contributed by atoms with Gasteiger partial charge in [0.05, 0.1) is 0 Å². The molecule has 1 N–H and O–H groups in total. The van der Waals surface area contributed by atoms with E-state index in [4.69, 9.17) is 4.74 Å². The van der Waals surface area contributed by atoms with Crippen molar-refractivity contribution in [2.24, 2.45) is 0 Å². The summed E-state index contributed by atoms with van der Waals surface area (Å²) < 4.78 is 9.85. The van der Waals surface area contributed by atoms with Crippen LogP contribution >= 0.6 is 0 Å². The molecule has 0 aliphatic carbocycles. The van der Waals surface area contributed by atoms with Gasteiger partial charge >= 0.3 is 91.3 Å². The first-order valence-corrected chi connectivity index (χ1v) is 6.89. The molecule has 0 aromatic heterocycles. The number of ether oxygens (including phenoxy) is 2. The van der Waals surface area contributed by atoms with Crippen LogP contribution in [0.4, 0.5) is 9.59 Å². The molecule has 0 aromatic rings. The molecule has 1 saturated heterocycles. The Bertz CT molecular complexity index is 218. The van der Waals surface area contributed by atoms with E-state index >= 15 is 0 Å². The summed E-state index contributed by atoms with van der Waals surface area (Å²) in [6.45, 7) is 2.42. The zero-order chi connectivity index (χ0) is 10.4. The van der Waals surface area contributed by atoms with E-state index < -0.39 is 12.3 Å². The number of carbonyl (C=O) groups excluding carboxylic acids is 2. The average Bonchev–Trinajstić information content (AvgIpc) is 2.88. The molecule has 1 fully saturated rings. The normalized spacial score (nSPS) is 19.1. The third-order valence-corrected chi connectivity index (χ3v) is 3.03. The quantitative estimate of drug-likeness (QED) is 0.156. The fourth-order valence-corrected chi connectivity index (χ4v) is 1.30. The van der Waals surface area contributed by atoms with E-state index in [1.807, 2.05) is 6.92 Å². The Morgan fingerprint density at radius 1 is 1.50 bits per heavy atom. The molecule has 1 atom stereocenters. The van der Waals surface area contributed by atoms with Gasteiger partial charge in [0.2, 0.25) is 0 Å². The summed E-state index contributed by atoms with van der Waals surface area (Å²) in [6.07, 6.45) is -1.25. The van der Waals surface area contributed by atoms with Crippen molar-refractivity contribution in [3.63, 3.8) is 0 Å². The fourth-order valence-electron chi connectivity index (χ4n) is 0.529. The molecule has 1 rings (SSSR count). The summed E-state index contributed by atoms with van der Waals surface area (Å²) in [7, 11) is 0. The van der Waals surface area contributed by atoms with Crippen LogP contribution in [0.15, 0.2) is 0 Å². The molecule has 0 spiro atoms. The number of halogens is 1. The topological polar surface area (TPSA) is 73.9 Å². The standard InChI is InChI=1S/C7H11INO5/c1-2-3-9-14-7(11)13-6(10)12-5-4-8-5/h5,9H,2-4H2,1H3/q-1. The van der Waals surface area contributed by atoms with Crippen molar-refractivity contribution in [1.29, 1.82) is 0 Å². The first-order chi connectivity index (χ1) is 6.72. The molecule has 14 heavy (non-hydrogen) atoms. The molecule has 1 aliphatic heterocycles. The maximum atomic E-state index is 10.8. The predicted octanol–water partition coefficient (Wildman–Crippen LogP) is -2.38. The van der Waals surface area contributed by atoms with Gasteiger partial charge in [-0.3, -0.25) is 0 Å². The van der Waals surface area contributed by atoms with Crippen molar-refractivity contribution in [2.45, 2.75) is 17.5 Å². The zero-order valence-electron chi connectivity index (χ0n) is 7.62. The fraction of sp³-hybridized carbons (Fsp3) is 0.714. The van der Waals surface area contributed by atoms with Gasteiger partial charge in [0.15, 0.2) is 0 Å². The minimum atomic E-state index is -1.08. The first-order valence-electron chi connectivity index (χ1n) is 4.12. The van der Waals surface area contributed by atoms with Crippen LogP contribution in [-0.2, 0) is 14.3 Å². The first kappa shape index (κ1) is 11.5. The maximum absolute atomic E-state index is 10.8. The van der Waals surface area contributed by atoms with Crippen LogP contribution in [0.1, 0.15) is 13.3 Å². The monoisotopic (exact) mass is 316 g/mol. The molecular formula is C7H11INO5-. The molecule has 1 heterocycles. The molecule has 82 valence electrons. The molecule has 1 unspecified atom stereocenters. The second kappa shape index (κ2) is 6.02. The molecule has 0 amide bonds. The summed E-state index contributed by atoms with van der Waals surface area (Å²) in [5, 5.41) is 0. The molecular weight excluding hydrogens is 305 g/mol. The van der Waals surface area contributed by atoms with Gasteiger partial charge in [-0.1, -0.05) is 0 Å². The van der Waals surface area contributed by atoms with Gasteiger partial charge in [0.1, 0.15) is 0 Å². The van der Waals surface area contributed by atoms with Crippen molar-refractivity contribution >= 4 is 12.3 Å². The van der Waals surface area contributed by atoms with Crippen LogP contribution in [0.5, 0.6) is 0 Å². The van der Waals surface area contributed by atoms with Crippen molar-refractivity contribution in [1.82, 2.24) is 5.48 Å². The van der Waals surface area contributed by atoms with E-state index in [-0.39, 0.29) is 25.3 Å². The van der Waals surface area contributed by atoms with E-state index in [9.17, 15) is 9.59 Å². The Labute approximate surface area is 91.5 Å². The molecule has 0 aromatic carbocycles. The SMILES string of the molecule is CCCNOC(=O)OC(=O)OC1C[I-]1. The van der Waals surface area contributed by atoms with Crippen LogP contribution < -0.4 is 26.7 Å². The van der Waals surface area contributed by atoms with Gasteiger partial charge in [0, 0.05) is 0 Å². The second-order valence-corrected chi connectivity index (χ2v) is 5.59. The van der Waals surface area contributed by atoms with Gasteiger partial charge in [-0.2, -0.15) is 0 Å². The Kier molecular flexibility index (Phi) is 4.94. The van der Waals surface area contributed by atoms with Crippen LogP contribution in [0.2, 0.25) is 0 Å². The third kappa shape index (κ3) is 5.22. The Morgan fingerprint density at radius 3 is 2.79 bits per heavy atom. The van der Waals surface area contributed by atoms with Crippen LogP contribution in [0.3, 0.4) is 0 Å². The summed E-state index contributed by atoms with van der Waals surface area (Å²) in [6, 6.07) is 0. The van der Waals surface area contributed by atoms with Crippen molar-refractivity contribution < 1.29 is 45.1 Å². The number of carbonyl (C=O) groups is 2. The summed E-state index contributed by atoms with van der Waals surface area (Å²) in [5.74, 6) is 0. The Hall–Kier alpha value is -0.570. The second-order valence-electron chi connectivity index (χ2n) is 2.43. The molecule has 7 heteroatoms. The van der Waals surface area contributed by atoms with Crippen molar-refractivity contribution in [3.8, 4) is 0 Å². The molecule has 0 saturated carbocycles. The predicted molar refractivity (Wildman–Crippen MR) is 41.0 cm³/mol. The number of hydrogen-bond donors (Lipinski definition) is 1. The van der Waals surface area contributed by atoms with Gasteiger partial charge < -0.3 is 0 Å².